The minimum atomic E-state index is -3.51. The molecule has 1 aromatic rings. The summed E-state index contributed by atoms with van der Waals surface area (Å²) in [6.07, 6.45) is 3.02. The van der Waals surface area contributed by atoms with Gasteiger partial charge in [0.15, 0.2) is 0 Å². The molecule has 0 aliphatic heterocycles. The topological polar surface area (TPSA) is 57.7 Å². The molecule has 0 aliphatic rings. The molecule has 6 heteroatoms. The highest BCUT2D eigenvalue weighted by Gasteiger charge is 2.22. The number of anilines is 1. The van der Waals surface area contributed by atoms with E-state index < -0.39 is 10.0 Å². The van der Waals surface area contributed by atoms with Crippen LogP contribution in [-0.4, -0.2) is 45.6 Å². The number of sulfonamides is 1. The summed E-state index contributed by atoms with van der Waals surface area (Å²) < 4.78 is 25.3. The minimum Gasteiger partial charge on any atom is -0.344 e. The fourth-order valence-corrected chi connectivity index (χ4v) is 3.04. The Balaban J connectivity index is 2.96. The second-order valence-corrected chi connectivity index (χ2v) is 8.09. The van der Waals surface area contributed by atoms with Crippen molar-refractivity contribution in [2.45, 2.75) is 39.5 Å². The molecule has 0 fully saturated rings. The van der Waals surface area contributed by atoms with E-state index in [-0.39, 0.29) is 12.5 Å². The van der Waals surface area contributed by atoms with E-state index in [1.54, 1.807) is 24.1 Å². The molecule has 5 nitrogen and oxygen atoms in total. The van der Waals surface area contributed by atoms with Crippen LogP contribution >= 0.6 is 0 Å². The predicted octanol–water partition coefficient (Wildman–Crippen LogP) is 2.83. The van der Waals surface area contributed by atoms with Crippen molar-refractivity contribution in [1.29, 1.82) is 0 Å². The second-order valence-electron chi connectivity index (χ2n) is 6.18. The molecule has 0 saturated heterocycles. The summed E-state index contributed by atoms with van der Waals surface area (Å²) in [5.41, 5.74) is 1.66. The van der Waals surface area contributed by atoms with Gasteiger partial charge in [-0.15, -0.1) is 0 Å². The largest absolute Gasteiger partial charge is 0.344 e. The van der Waals surface area contributed by atoms with Crippen LogP contribution in [0.25, 0.3) is 0 Å². The van der Waals surface area contributed by atoms with Gasteiger partial charge >= 0.3 is 0 Å². The molecule has 0 aromatic heterocycles. The quantitative estimate of drug-likeness (QED) is 0.731. The van der Waals surface area contributed by atoms with E-state index >= 15 is 0 Å². The summed E-state index contributed by atoms with van der Waals surface area (Å²) in [4.78, 5) is 13.9. The van der Waals surface area contributed by atoms with Crippen molar-refractivity contribution in [1.82, 2.24) is 4.90 Å². The van der Waals surface area contributed by atoms with E-state index in [0.717, 1.165) is 24.7 Å². The van der Waals surface area contributed by atoms with Crippen molar-refractivity contribution in [2.24, 2.45) is 0 Å². The lowest BCUT2D eigenvalue weighted by molar-refractivity contribution is -0.128. The molecule has 0 aliphatic carbocycles. The standard InChI is InChI=1S/C17H28N2O3S/c1-6-7-12-18(4)17(20)13-19(23(5,21)22)16-10-8-15(9-11-16)14(2)3/h8-11,14H,6-7,12-13H2,1-5H3. The number of nitrogens with zero attached hydrogens (tertiary/aromatic N) is 2. The first-order valence-corrected chi connectivity index (χ1v) is 9.83. The summed E-state index contributed by atoms with van der Waals surface area (Å²) in [6.45, 7) is 6.68. The number of carbonyl (C=O) groups is 1. The van der Waals surface area contributed by atoms with Crippen LogP contribution in [0.2, 0.25) is 0 Å². The van der Waals surface area contributed by atoms with E-state index in [4.69, 9.17) is 0 Å². The van der Waals surface area contributed by atoms with E-state index in [9.17, 15) is 13.2 Å². The van der Waals surface area contributed by atoms with Gasteiger partial charge in [-0.25, -0.2) is 8.42 Å². The highest BCUT2D eigenvalue weighted by Crippen LogP contribution is 2.22. The van der Waals surface area contributed by atoms with Crippen LogP contribution < -0.4 is 4.31 Å². The first-order valence-electron chi connectivity index (χ1n) is 7.98. The molecule has 0 N–H and O–H groups in total. The minimum absolute atomic E-state index is 0.167. The summed E-state index contributed by atoms with van der Waals surface area (Å²) in [6, 6.07) is 7.33. The molecule has 130 valence electrons. The molecule has 1 aromatic carbocycles. The zero-order chi connectivity index (χ0) is 17.6. The first-order chi connectivity index (χ1) is 10.7. The fraction of sp³-hybridized carbons (Fsp3) is 0.588. The third-order valence-corrected chi connectivity index (χ3v) is 4.94. The Bertz CT molecular complexity index is 609. The van der Waals surface area contributed by atoms with Gasteiger partial charge in [-0.1, -0.05) is 39.3 Å². The van der Waals surface area contributed by atoms with Gasteiger partial charge in [0.1, 0.15) is 6.54 Å². The summed E-state index contributed by atoms with van der Waals surface area (Å²) in [5.74, 6) is 0.175. The number of unbranched alkanes of at least 4 members (excludes halogenated alkanes) is 1. The van der Waals surface area contributed by atoms with Gasteiger partial charge < -0.3 is 4.90 Å². The Morgan fingerprint density at radius 2 is 1.74 bits per heavy atom. The Morgan fingerprint density at radius 1 is 1.17 bits per heavy atom. The summed E-state index contributed by atoms with van der Waals surface area (Å²) >= 11 is 0. The molecular formula is C17H28N2O3S. The molecule has 0 saturated carbocycles. The number of benzene rings is 1. The molecular weight excluding hydrogens is 312 g/mol. The Labute approximate surface area is 140 Å². The SMILES string of the molecule is CCCCN(C)C(=O)CN(c1ccc(C(C)C)cc1)S(C)(=O)=O. The molecule has 1 rings (SSSR count). The van der Waals surface area contributed by atoms with Crippen LogP contribution in [-0.2, 0) is 14.8 Å². The normalized spacial score (nSPS) is 11.6. The van der Waals surface area contributed by atoms with Gasteiger partial charge in [-0.2, -0.15) is 0 Å². The summed E-state index contributed by atoms with van der Waals surface area (Å²) in [5, 5.41) is 0. The van der Waals surface area contributed by atoms with Gasteiger partial charge in [0, 0.05) is 13.6 Å². The van der Waals surface area contributed by atoms with E-state index in [1.165, 1.54) is 4.31 Å². The maximum absolute atomic E-state index is 12.3. The number of rotatable bonds is 8. The molecule has 0 spiro atoms. The average Bonchev–Trinajstić information content (AvgIpc) is 2.48. The first kappa shape index (κ1) is 19.5. The van der Waals surface area contributed by atoms with Crippen molar-refractivity contribution in [3.05, 3.63) is 29.8 Å². The Morgan fingerprint density at radius 3 is 2.17 bits per heavy atom. The molecule has 0 atom stereocenters. The lowest BCUT2D eigenvalue weighted by atomic mass is 10.0. The number of hydrogen-bond acceptors (Lipinski definition) is 3. The average molecular weight is 340 g/mol. The second kappa shape index (κ2) is 8.34. The van der Waals surface area contributed by atoms with E-state index in [2.05, 4.69) is 20.8 Å². The van der Waals surface area contributed by atoms with Crippen molar-refractivity contribution in [2.75, 3.05) is 30.7 Å². The lowest BCUT2D eigenvalue weighted by Crippen LogP contribution is -2.41. The monoisotopic (exact) mass is 340 g/mol. The molecule has 0 unspecified atom stereocenters. The summed E-state index contributed by atoms with van der Waals surface area (Å²) in [7, 11) is -1.81. The number of carbonyl (C=O) groups excluding carboxylic acids is 1. The molecule has 0 heterocycles. The van der Waals surface area contributed by atoms with Crippen molar-refractivity contribution in [3.8, 4) is 0 Å². The number of likely N-dealkylation sites (N-methyl/N-ethyl adjacent to an activating group) is 1. The highest BCUT2D eigenvalue weighted by molar-refractivity contribution is 7.92. The van der Waals surface area contributed by atoms with Crippen LogP contribution in [0.4, 0.5) is 5.69 Å². The zero-order valence-electron chi connectivity index (χ0n) is 14.7. The third kappa shape index (κ3) is 5.86. The highest BCUT2D eigenvalue weighted by atomic mass is 32.2. The van der Waals surface area contributed by atoms with Crippen molar-refractivity contribution >= 4 is 21.6 Å². The number of amides is 1. The molecule has 1 amide bonds. The van der Waals surface area contributed by atoms with E-state index in [0.29, 0.717) is 18.2 Å². The molecule has 0 bridgehead atoms. The van der Waals surface area contributed by atoms with Gasteiger partial charge in [-0.3, -0.25) is 9.10 Å². The lowest BCUT2D eigenvalue weighted by Gasteiger charge is -2.25. The van der Waals surface area contributed by atoms with Crippen LogP contribution in [0, 0.1) is 0 Å². The Hall–Kier alpha value is -1.56. The van der Waals surface area contributed by atoms with Crippen molar-refractivity contribution < 1.29 is 13.2 Å². The zero-order valence-corrected chi connectivity index (χ0v) is 15.6. The van der Waals surface area contributed by atoms with Gasteiger partial charge in [0.2, 0.25) is 15.9 Å². The van der Waals surface area contributed by atoms with Crippen LogP contribution in [0.5, 0.6) is 0 Å². The van der Waals surface area contributed by atoms with Crippen LogP contribution in [0.3, 0.4) is 0 Å². The molecule has 23 heavy (non-hydrogen) atoms. The third-order valence-electron chi connectivity index (χ3n) is 3.80. The Kier molecular flexibility index (Phi) is 7.06. The number of hydrogen-bond donors (Lipinski definition) is 0. The maximum atomic E-state index is 12.3. The van der Waals surface area contributed by atoms with Gasteiger partial charge in [-0.05, 0) is 30.0 Å². The van der Waals surface area contributed by atoms with Crippen LogP contribution in [0.1, 0.15) is 45.1 Å². The fourth-order valence-electron chi connectivity index (χ4n) is 2.19. The molecule has 0 radical (unpaired) electrons. The van der Waals surface area contributed by atoms with Crippen LogP contribution in [0.15, 0.2) is 24.3 Å². The predicted molar refractivity (Wildman–Crippen MR) is 95.3 cm³/mol. The van der Waals surface area contributed by atoms with Gasteiger partial charge in [0.05, 0.1) is 11.9 Å². The van der Waals surface area contributed by atoms with Crippen molar-refractivity contribution in [3.63, 3.8) is 0 Å². The smallest absolute Gasteiger partial charge is 0.243 e. The maximum Gasteiger partial charge on any atom is 0.243 e. The van der Waals surface area contributed by atoms with Gasteiger partial charge in [0.25, 0.3) is 0 Å². The van der Waals surface area contributed by atoms with E-state index in [1.807, 2.05) is 12.1 Å².